The Hall–Kier alpha value is -0.680. The molecule has 0 saturated carbocycles. The molecule has 0 radical (unpaired) electrons. The van der Waals surface area contributed by atoms with Crippen molar-refractivity contribution < 1.29 is 0 Å². The molecule has 0 unspecified atom stereocenters. The van der Waals surface area contributed by atoms with Gasteiger partial charge in [0.05, 0.1) is 0 Å². The van der Waals surface area contributed by atoms with E-state index < -0.39 is 0 Å². The van der Waals surface area contributed by atoms with E-state index in [4.69, 9.17) is 0 Å². The van der Waals surface area contributed by atoms with Gasteiger partial charge in [0.2, 0.25) is 5.13 Å². The van der Waals surface area contributed by atoms with E-state index in [0.717, 1.165) is 23.2 Å². The molecule has 0 aliphatic rings. The zero-order chi connectivity index (χ0) is 13.7. The van der Waals surface area contributed by atoms with Gasteiger partial charge in [-0.1, -0.05) is 25.2 Å². The van der Waals surface area contributed by atoms with E-state index in [1.165, 1.54) is 0 Å². The second-order valence-electron chi connectivity index (χ2n) is 5.45. The smallest absolute Gasteiger partial charge is 0.205 e. The molecule has 0 saturated heterocycles. The maximum atomic E-state index is 4.18. The lowest BCUT2D eigenvalue weighted by Gasteiger charge is -2.30. The van der Waals surface area contributed by atoms with E-state index in [9.17, 15) is 0 Å². The highest BCUT2D eigenvalue weighted by Gasteiger charge is 2.13. The van der Waals surface area contributed by atoms with E-state index in [2.05, 4.69) is 62.0 Å². The number of rotatable bonds is 7. The summed E-state index contributed by atoms with van der Waals surface area (Å²) in [6.07, 6.45) is 0. The molecule has 0 aliphatic heterocycles. The lowest BCUT2D eigenvalue weighted by atomic mass is 10.2. The van der Waals surface area contributed by atoms with Crippen LogP contribution in [0.4, 0.5) is 5.13 Å². The zero-order valence-electron chi connectivity index (χ0n) is 12.4. The van der Waals surface area contributed by atoms with Crippen LogP contribution < -0.4 is 5.32 Å². The third-order valence-corrected chi connectivity index (χ3v) is 4.09. The molecule has 18 heavy (non-hydrogen) atoms. The van der Waals surface area contributed by atoms with Crippen molar-refractivity contribution >= 4 is 16.5 Å². The SMILES string of the molecule is CC(C)c1nnc(NCCN(C(C)C)C(C)C)s1. The fourth-order valence-electron chi connectivity index (χ4n) is 1.94. The van der Waals surface area contributed by atoms with E-state index in [1.54, 1.807) is 11.3 Å². The number of hydrogen-bond acceptors (Lipinski definition) is 5. The Morgan fingerprint density at radius 3 is 2.11 bits per heavy atom. The molecule has 104 valence electrons. The highest BCUT2D eigenvalue weighted by molar-refractivity contribution is 7.15. The Balaban J connectivity index is 2.40. The lowest BCUT2D eigenvalue weighted by Crippen LogP contribution is -2.40. The molecule has 5 heteroatoms. The molecular weight excluding hydrogens is 244 g/mol. The van der Waals surface area contributed by atoms with Gasteiger partial charge in [0.1, 0.15) is 5.01 Å². The molecule has 1 heterocycles. The molecule has 1 N–H and O–H groups in total. The van der Waals surface area contributed by atoms with Crippen molar-refractivity contribution in [2.45, 2.75) is 59.5 Å². The predicted molar refractivity (Wildman–Crippen MR) is 79.5 cm³/mol. The van der Waals surface area contributed by atoms with Gasteiger partial charge in [0.25, 0.3) is 0 Å². The van der Waals surface area contributed by atoms with E-state index >= 15 is 0 Å². The summed E-state index contributed by atoms with van der Waals surface area (Å²) in [6, 6.07) is 1.15. The second-order valence-corrected chi connectivity index (χ2v) is 6.46. The zero-order valence-corrected chi connectivity index (χ0v) is 13.2. The maximum absolute atomic E-state index is 4.18. The van der Waals surface area contributed by atoms with Crippen molar-refractivity contribution in [3.05, 3.63) is 5.01 Å². The summed E-state index contributed by atoms with van der Waals surface area (Å²) in [5, 5.41) is 13.7. The van der Waals surface area contributed by atoms with E-state index in [0.29, 0.717) is 18.0 Å². The topological polar surface area (TPSA) is 41.1 Å². The van der Waals surface area contributed by atoms with Gasteiger partial charge in [0.15, 0.2) is 0 Å². The van der Waals surface area contributed by atoms with Crippen LogP contribution in [0.15, 0.2) is 0 Å². The highest BCUT2D eigenvalue weighted by Crippen LogP contribution is 2.22. The molecule has 0 aliphatic carbocycles. The number of anilines is 1. The Morgan fingerprint density at radius 2 is 1.67 bits per heavy atom. The van der Waals surface area contributed by atoms with Crippen molar-refractivity contribution in [3.8, 4) is 0 Å². The monoisotopic (exact) mass is 270 g/mol. The quantitative estimate of drug-likeness (QED) is 0.826. The third kappa shape index (κ3) is 4.53. The molecule has 0 amide bonds. The largest absolute Gasteiger partial charge is 0.359 e. The molecule has 0 bridgehead atoms. The fourth-order valence-corrected chi connectivity index (χ4v) is 2.72. The van der Waals surface area contributed by atoms with Crippen LogP contribution in [-0.2, 0) is 0 Å². The van der Waals surface area contributed by atoms with Crippen molar-refractivity contribution in [1.29, 1.82) is 0 Å². The third-order valence-electron chi connectivity index (χ3n) is 2.91. The first-order valence-corrected chi connectivity index (χ1v) is 7.56. The first-order chi connectivity index (χ1) is 8.41. The molecule has 1 aromatic rings. The second kappa shape index (κ2) is 7.04. The van der Waals surface area contributed by atoms with E-state index in [1.807, 2.05) is 0 Å². The van der Waals surface area contributed by atoms with Gasteiger partial charge in [0, 0.05) is 31.1 Å². The highest BCUT2D eigenvalue weighted by atomic mass is 32.1. The minimum absolute atomic E-state index is 0.459. The van der Waals surface area contributed by atoms with E-state index in [-0.39, 0.29) is 0 Å². The molecular formula is C13H26N4S. The van der Waals surface area contributed by atoms with Crippen LogP contribution in [0, 0.1) is 0 Å². The molecule has 1 rings (SSSR count). The Morgan fingerprint density at radius 1 is 1.06 bits per heavy atom. The van der Waals surface area contributed by atoms with Gasteiger partial charge in [-0.15, -0.1) is 10.2 Å². The van der Waals surface area contributed by atoms with Crippen LogP contribution in [0.25, 0.3) is 0 Å². The summed E-state index contributed by atoms with van der Waals surface area (Å²) in [4.78, 5) is 2.47. The van der Waals surface area contributed by atoms with Crippen LogP contribution in [0.1, 0.15) is 52.5 Å². The van der Waals surface area contributed by atoms with Crippen LogP contribution in [-0.4, -0.2) is 40.3 Å². The summed E-state index contributed by atoms with van der Waals surface area (Å²) in [6.45, 7) is 15.2. The maximum Gasteiger partial charge on any atom is 0.205 e. The van der Waals surface area contributed by atoms with Crippen molar-refractivity contribution in [2.75, 3.05) is 18.4 Å². The molecule has 4 nitrogen and oxygen atoms in total. The normalized spacial score (nSPS) is 12.1. The summed E-state index contributed by atoms with van der Waals surface area (Å²) in [7, 11) is 0. The average molecular weight is 270 g/mol. The Kier molecular flexibility index (Phi) is 6.02. The number of nitrogens with zero attached hydrogens (tertiary/aromatic N) is 3. The Labute approximate surface area is 115 Å². The summed E-state index contributed by atoms with van der Waals surface area (Å²) in [5.41, 5.74) is 0. The first-order valence-electron chi connectivity index (χ1n) is 6.74. The fraction of sp³-hybridized carbons (Fsp3) is 0.846. The van der Waals surface area contributed by atoms with Crippen LogP contribution in [0.3, 0.4) is 0 Å². The van der Waals surface area contributed by atoms with Crippen molar-refractivity contribution in [2.24, 2.45) is 0 Å². The standard InChI is InChI=1S/C13H26N4S/c1-9(2)12-15-16-13(18-12)14-7-8-17(10(3)4)11(5)6/h9-11H,7-8H2,1-6H3,(H,14,16). The van der Waals surface area contributed by atoms with Gasteiger partial charge in [-0.05, 0) is 27.7 Å². The van der Waals surface area contributed by atoms with Gasteiger partial charge in [-0.25, -0.2) is 0 Å². The minimum atomic E-state index is 0.459. The van der Waals surface area contributed by atoms with Gasteiger partial charge < -0.3 is 5.32 Å². The van der Waals surface area contributed by atoms with Crippen LogP contribution in [0.2, 0.25) is 0 Å². The van der Waals surface area contributed by atoms with Crippen molar-refractivity contribution in [1.82, 2.24) is 15.1 Å². The van der Waals surface area contributed by atoms with Crippen LogP contribution >= 0.6 is 11.3 Å². The summed E-state index contributed by atoms with van der Waals surface area (Å²) >= 11 is 1.66. The Bertz CT molecular complexity index is 339. The van der Waals surface area contributed by atoms with Gasteiger partial charge in [-0.3, -0.25) is 4.90 Å². The molecule has 0 aromatic carbocycles. The number of aromatic nitrogens is 2. The molecule has 0 fully saturated rings. The van der Waals surface area contributed by atoms with Gasteiger partial charge >= 0.3 is 0 Å². The van der Waals surface area contributed by atoms with Crippen molar-refractivity contribution in [3.63, 3.8) is 0 Å². The predicted octanol–water partition coefficient (Wildman–Crippen LogP) is 3.19. The molecule has 0 atom stereocenters. The lowest BCUT2D eigenvalue weighted by molar-refractivity contribution is 0.182. The summed E-state index contributed by atoms with van der Waals surface area (Å²) < 4.78 is 0. The molecule has 0 spiro atoms. The van der Waals surface area contributed by atoms with Crippen LogP contribution in [0.5, 0.6) is 0 Å². The summed E-state index contributed by atoms with van der Waals surface area (Å²) in [5.74, 6) is 0.459. The molecule has 1 aromatic heterocycles. The number of hydrogen-bond donors (Lipinski definition) is 1. The average Bonchev–Trinajstić information content (AvgIpc) is 2.71. The minimum Gasteiger partial charge on any atom is -0.359 e. The van der Waals surface area contributed by atoms with Gasteiger partial charge in [-0.2, -0.15) is 0 Å². The number of nitrogens with one attached hydrogen (secondary N) is 1. The first kappa shape index (κ1) is 15.4.